The maximum absolute atomic E-state index is 12.1. The molecule has 0 radical (unpaired) electrons. The second kappa shape index (κ2) is 9.04. The number of nitrogens with zero attached hydrogens (tertiary/aromatic N) is 6. The third-order valence-electron chi connectivity index (χ3n) is 5.19. The molecule has 32 heavy (non-hydrogen) atoms. The molecular weight excluding hydrogens is 408 g/mol. The molecule has 6 bridgehead atoms. The first-order valence-corrected chi connectivity index (χ1v) is 10.7. The molecule has 2 N–H and O–H groups in total. The van der Waals surface area contributed by atoms with Crippen LogP contribution in [0.1, 0.15) is 25.7 Å². The van der Waals surface area contributed by atoms with Gasteiger partial charge in [-0.3, -0.25) is 9.48 Å². The molecule has 0 fully saturated rings. The Morgan fingerprint density at radius 3 is 3.06 bits per heavy atom. The molecule has 3 aromatic rings. The van der Waals surface area contributed by atoms with Gasteiger partial charge in [0.1, 0.15) is 22.6 Å². The highest BCUT2D eigenvalue weighted by Crippen LogP contribution is 2.19. The van der Waals surface area contributed by atoms with E-state index in [0.717, 1.165) is 47.6 Å². The minimum atomic E-state index is -0.0172. The third kappa shape index (κ3) is 4.53. The number of allylic oxidation sites excluding steroid dienone is 1. The topological polar surface area (TPSA) is 111 Å². The minimum Gasteiger partial charge on any atom is -0.493 e. The average Bonchev–Trinajstić information content (AvgIpc) is 3.39. The van der Waals surface area contributed by atoms with Crippen molar-refractivity contribution < 1.29 is 9.53 Å². The number of aromatic nitrogens is 5. The summed E-state index contributed by atoms with van der Waals surface area (Å²) in [7, 11) is 0. The van der Waals surface area contributed by atoms with Crippen molar-refractivity contribution in [3.63, 3.8) is 0 Å². The number of nitrogens with one attached hydrogen (secondary N) is 2. The first-order chi connectivity index (χ1) is 15.7. The Labute approximate surface area is 184 Å². The molecule has 10 heteroatoms. The Kier molecular flexibility index (Phi) is 5.65. The van der Waals surface area contributed by atoms with E-state index in [1.165, 1.54) is 0 Å². The van der Waals surface area contributed by atoms with Crippen LogP contribution in [0.25, 0.3) is 11.8 Å². The van der Waals surface area contributed by atoms with Crippen LogP contribution in [0.4, 0.5) is 5.69 Å². The van der Waals surface area contributed by atoms with Crippen molar-refractivity contribution in [1.29, 1.82) is 0 Å². The summed E-state index contributed by atoms with van der Waals surface area (Å²) >= 11 is 0. The van der Waals surface area contributed by atoms with Gasteiger partial charge in [0.2, 0.25) is 5.91 Å². The van der Waals surface area contributed by atoms with Crippen LogP contribution in [0, 0.1) is 0 Å². The van der Waals surface area contributed by atoms with Crippen molar-refractivity contribution in [1.82, 2.24) is 30.1 Å². The van der Waals surface area contributed by atoms with E-state index in [-0.39, 0.29) is 5.91 Å². The van der Waals surface area contributed by atoms with E-state index in [2.05, 4.69) is 32.1 Å². The molecular formula is C22H24N8O2. The summed E-state index contributed by atoms with van der Waals surface area (Å²) in [5, 5.41) is 20.0. The number of amides is 1. The maximum atomic E-state index is 12.1. The van der Waals surface area contributed by atoms with Crippen molar-refractivity contribution in [2.45, 2.75) is 32.2 Å². The number of carbonyl (C=O) groups is 1. The average molecular weight is 432 g/mol. The monoisotopic (exact) mass is 432 g/mol. The van der Waals surface area contributed by atoms with Gasteiger partial charge in [-0.1, -0.05) is 17.4 Å². The van der Waals surface area contributed by atoms with Crippen LogP contribution in [-0.2, 0) is 11.3 Å². The Bertz CT molecular complexity index is 1270. The molecule has 2 aliphatic rings. The van der Waals surface area contributed by atoms with Gasteiger partial charge in [0.25, 0.3) is 0 Å². The van der Waals surface area contributed by atoms with Crippen LogP contribution in [0.2, 0.25) is 0 Å². The van der Waals surface area contributed by atoms with E-state index in [4.69, 9.17) is 9.73 Å². The van der Waals surface area contributed by atoms with Crippen LogP contribution < -0.4 is 26.2 Å². The predicted octanol–water partition coefficient (Wildman–Crippen LogP) is 0.900. The normalized spacial score (nSPS) is 20.5. The van der Waals surface area contributed by atoms with Gasteiger partial charge in [0.05, 0.1) is 19.0 Å². The Morgan fingerprint density at radius 2 is 2.09 bits per heavy atom. The molecule has 2 aromatic heterocycles. The van der Waals surface area contributed by atoms with Crippen molar-refractivity contribution >= 4 is 17.7 Å². The zero-order chi connectivity index (χ0) is 21.8. The van der Waals surface area contributed by atoms with E-state index in [9.17, 15) is 4.79 Å². The largest absolute Gasteiger partial charge is 0.493 e. The number of rotatable bonds is 0. The smallest absolute Gasteiger partial charge is 0.221 e. The predicted molar refractivity (Wildman–Crippen MR) is 118 cm³/mol. The number of fused-ring (bicyclic) bond motifs is 6. The lowest BCUT2D eigenvalue weighted by Gasteiger charge is -2.11. The van der Waals surface area contributed by atoms with E-state index in [1.807, 2.05) is 36.5 Å². The Balaban J connectivity index is 1.55. The lowest BCUT2D eigenvalue weighted by molar-refractivity contribution is -0.121. The fourth-order valence-corrected chi connectivity index (χ4v) is 3.57. The standard InChI is InChI=1S/C22H24N8O2/c31-21-9-11-29-15-17(14-24-29)30-22-19(27-28-30)7-1-2-8-20(26-22)25-16-5-3-6-18(13-16)32-12-4-10-23-21/h3,5-8,13-15,25H,1-2,4,9-12H2,(H,23,31)/b19-7+,20-8-,26-22+. The number of anilines is 1. The first kappa shape index (κ1) is 20.0. The minimum absolute atomic E-state index is 0.0172. The quantitative estimate of drug-likeness (QED) is 0.546. The van der Waals surface area contributed by atoms with Crippen molar-refractivity contribution in [2.24, 2.45) is 4.99 Å². The number of hydrogen-bond donors (Lipinski definition) is 2. The van der Waals surface area contributed by atoms with E-state index >= 15 is 0 Å². The SMILES string of the molecule is O=C1CCn2cc(cn2)-n2nnc3/c2=N\C(=C/CC\C=3)Nc2cccc(c2)OCCCN1. The summed E-state index contributed by atoms with van der Waals surface area (Å²) < 4.78 is 9.25. The molecule has 10 nitrogen and oxygen atoms in total. The highest BCUT2D eigenvalue weighted by Gasteiger charge is 2.11. The van der Waals surface area contributed by atoms with Gasteiger partial charge in [-0.2, -0.15) is 9.78 Å². The number of ether oxygens (including phenoxy) is 1. The number of carbonyl (C=O) groups excluding carboxylic acids is 1. The number of benzene rings is 1. The van der Waals surface area contributed by atoms with Gasteiger partial charge in [-0.25, -0.2) is 4.99 Å². The molecule has 4 heterocycles. The van der Waals surface area contributed by atoms with Crippen LogP contribution in [0.3, 0.4) is 0 Å². The second-order valence-electron chi connectivity index (χ2n) is 7.61. The van der Waals surface area contributed by atoms with Gasteiger partial charge < -0.3 is 15.4 Å². The summed E-state index contributed by atoms with van der Waals surface area (Å²) in [5.74, 6) is 1.47. The molecule has 0 saturated heterocycles. The molecule has 5 rings (SSSR count). The Morgan fingerprint density at radius 1 is 1.16 bits per heavy atom. The molecule has 164 valence electrons. The summed E-state index contributed by atoms with van der Waals surface area (Å²) in [6, 6.07) is 7.76. The summed E-state index contributed by atoms with van der Waals surface area (Å²) in [6.45, 7) is 1.55. The summed E-state index contributed by atoms with van der Waals surface area (Å²) in [4.78, 5) is 17.0. The lowest BCUT2D eigenvalue weighted by Crippen LogP contribution is -2.31. The van der Waals surface area contributed by atoms with Gasteiger partial charge in [-0.05, 0) is 37.5 Å². The van der Waals surface area contributed by atoms with Gasteiger partial charge in [0.15, 0.2) is 5.49 Å². The zero-order valence-electron chi connectivity index (χ0n) is 17.6. The maximum Gasteiger partial charge on any atom is 0.221 e. The molecule has 1 aromatic carbocycles. The molecule has 0 saturated carbocycles. The summed E-state index contributed by atoms with van der Waals surface area (Å²) in [6.07, 6.45) is 10.4. The van der Waals surface area contributed by atoms with Crippen molar-refractivity contribution in [3.05, 3.63) is 59.4 Å². The molecule has 0 spiro atoms. The van der Waals surface area contributed by atoms with Crippen LogP contribution in [-0.4, -0.2) is 43.8 Å². The van der Waals surface area contributed by atoms with Crippen LogP contribution in [0.15, 0.2) is 53.5 Å². The van der Waals surface area contributed by atoms with Gasteiger partial charge >= 0.3 is 0 Å². The highest BCUT2D eigenvalue weighted by atomic mass is 16.5. The highest BCUT2D eigenvalue weighted by molar-refractivity contribution is 5.75. The summed E-state index contributed by atoms with van der Waals surface area (Å²) in [5.41, 5.74) is 2.25. The second-order valence-corrected chi connectivity index (χ2v) is 7.61. The van der Waals surface area contributed by atoms with Crippen molar-refractivity contribution in [2.75, 3.05) is 18.5 Å². The molecule has 0 atom stereocenters. The third-order valence-corrected chi connectivity index (χ3v) is 5.19. The van der Waals surface area contributed by atoms with Crippen LogP contribution in [0.5, 0.6) is 5.75 Å². The number of aryl methyl sites for hydroxylation is 1. The number of hydrogen-bond acceptors (Lipinski definition) is 7. The lowest BCUT2D eigenvalue weighted by atomic mass is 10.2. The van der Waals surface area contributed by atoms with Crippen molar-refractivity contribution in [3.8, 4) is 11.4 Å². The molecule has 1 amide bonds. The fourth-order valence-electron chi connectivity index (χ4n) is 3.57. The zero-order valence-corrected chi connectivity index (χ0v) is 17.6. The van der Waals surface area contributed by atoms with E-state index < -0.39 is 0 Å². The van der Waals surface area contributed by atoms with Gasteiger partial charge in [0, 0.05) is 31.3 Å². The molecule has 0 unspecified atom stereocenters. The molecule has 2 aliphatic heterocycles. The Hall–Kier alpha value is -3.95. The fraction of sp³-hybridized carbons (Fsp3) is 0.318. The van der Waals surface area contributed by atoms with Crippen LogP contribution >= 0.6 is 0 Å². The molecule has 0 aliphatic carbocycles. The van der Waals surface area contributed by atoms with E-state index in [0.29, 0.717) is 31.6 Å². The first-order valence-electron chi connectivity index (χ1n) is 10.7. The van der Waals surface area contributed by atoms with Gasteiger partial charge in [-0.15, -0.1) is 5.10 Å². The van der Waals surface area contributed by atoms with E-state index in [1.54, 1.807) is 15.6 Å².